The van der Waals surface area contributed by atoms with Crippen molar-refractivity contribution in [1.29, 1.82) is 0 Å². The van der Waals surface area contributed by atoms with Crippen LogP contribution in [0.1, 0.15) is 35.0 Å². The lowest BCUT2D eigenvalue weighted by Gasteiger charge is -2.11. The van der Waals surface area contributed by atoms with Gasteiger partial charge in [-0.3, -0.25) is 9.59 Å². The molecule has 0 saturated heterocycles. The highest BCUT2D eigenvalue weighted by Gasteiger charge is 2.15. The van der Waals surface area contributed by atoms with Crippen molar-refractivity contribution in [2.75, 3.05) is 17.2 Å². The number of amides is 1. The predicted octanol–water partition coefficient (Wildman–Crippen LogP) is 5.11. The molecule has 8 heteroatoms. The highest BCUT2D eigenvalue weighted by Crippen LogP contribution is 2.24. The van der Waals surface area contributed by atoms with Crippen molar-refractivity contribution in [2.45, 2.75) is 27.2 Å². The fourth-order valence-corrected chi connectivity index (χ4v) is 3.40. The van der Waals surface area contributed by atoms with Gasteiger partial charge < -0.3 is 15.4 Å². The van der Waals surface area contributed by atoms with E-state index in [2.05, 4.69) is 27.6 Å². The number of benzene rings is 2. The number of anilines is 2. The normalized spacial score (nSPS) is 10.6. The number of ether oxygens (including phenoxy) is 1. The van der Waals surface area contributed by atoms with Crippen molar-refractivity contribution in [3.8, 4) is 17.2 Å². The fourth-order valence-electron chi connectivity index (χ4n) is 3.40. The molecule has 8 nitrogen and oxygen atoms in total. The summed E-state index contributed by atoms with van der Waals surface area (Å²) in [7, 11) is 0. The number of hydrogen-bond acceptors (Lipinski definition) is 6. The third-order valence-corrected chi connectivity index (χ3v) is 5.25. The van der Waals surface area contributed by atoms with Crippen LogP contribution >= 0.6 is 0 Å². The first-order valence-electron chi connectivity index (χ1n) is 11.4. The maximum absolute atomic E-state index is 12.9. The molecular weight excluding hydrogens is 442 g/mol. The van der Waals surface area contributed by atoms with E-state index in [4.69, 9.17) is 4.74 Å². The second kappa shape index (κ2) is 10.6. The van der Waals surface area contributed by atoms with E-state index in [0.29, 0.717) is 28.4 Å². The zero-order valence-corrected chi connectivity index (χ0v) is 19.9. The Kier molecular flexibility index (Phi) is 7.21. The maximum Gasteiger partial charge on any atom is 0.276 e. The molecule has 4 rings (SSSR count). The molecule has 0 radical (unpaired) electrons. The van der Waals surface area contributed by atoms with Gasteiger partial charge in [0.15, 0.2) is 5.69 Å². The molecule has 0 aliphatic rings. The number of pyridine rings is 1. The molecule has 0 fully saturated rings. The number of carbonyl (C=O) groups excluding carboxylic acids is 1. The lowest BCUT2D eigenvalue weighted by Crippen LogP contribution is -2.26. The van der Waals surface area contributed by atoms with E-state index >= 15 is 0 Å². The van der Waals surface area contributed by atoms with Gasteiger partial charge in [0.05, 0.1) is 5.69 Å². The number of rotatable bonds is 8. The van der Waals surface area contributed by atoms with Crippen molar-refractivity contribution >= 4 is 17.4 Å². The second-order valence-electron chi connectivity index (χ2n) is 8.15. The van der Waals surface area contributed by atoms with Crippen LogP contribution in [0.15, 0.2) is 77.7 Å². The number of nitrogens with zero attached hydrogens (tertiary/aromatic N) is 3. The summed E-state index contributed by atoms with van der Waals surface area (Å²) < 4.78 is 7.14. The van der Waals surface area contributed by atoms with Crippen LogP contribution in [0.25, 0.3) is 5.69 Å². The van der Waals surface area contributed by atoms with Crippen LogP contribution in [0.4, 0.5) is 11.5 Å². The van der Waals surface area contributed by atoms with E-state index in [1.54, 1.807) is 55.6 Å². The van der Waals surface area contributed by atoms with E-state index in [9.17, 15) is 9.59 Å². The van der Waals surface area contributed by atoms with Gasteiger partial charge in [-0.05, 0) is 68.3 Å². The van der Waals surface area contributed by atoms with Gasteiger partial charge in [-0.2, -0.15) is 9.78 Å². The average Bonchev–Trinajstić information content (AvgIpc) is 2.85. The molecule has 2 heterocycles. The molecule has 0 unspecified atom stereocenters. The van der Waals surface area contributed by atoms with Gasteiger partial charge in [0.25, 0.3) is 11.5 Å². The Balaban J connectivity index is 1.47. The molecule has 2 aromatic heterocycles. The Morgan fingerprint density at radius 2 is 1.71 bits per heavy atom. The molecule has 0 aliphatic carbocycles. The third kappa shape index (κ3) is 5.92. The molecule has 1 amide bonds. The van der Waals surface area contributed by atoms with Crippen LogP contribution in [0, 0.1) is 13.8 Å². The molecular formula is C27H27N5O3. The maximum atomic E-state index is 12.9. The summed E-state index contributed by atoms with van der Waals surface area (Å²) in [4.78, 5) is 29.7. The van der Waals surface area contributed by atoms with E-state index in [1.807, 2.05) is 25.1 Å². The summed E-state index contributed by atoms with van der Waals surface area (Å²) in [6.07, 6.45) is 2.69. The highest BCUT2D eigenvalue weighted by molar-refractivity contribution is 6.03. The number of aromatic nitrogens is 3. The predicted molar refractivity (Wildman–Crippen MR) is 137 cm³/mol. The van der Waals surface area contributed by atoms with Crippen LogP contribution in [0.5, 0.6) is 11.5 Å². The smallest absolute Gasteiger partial charge is 0.276 e. The zero-order chi connectivity index (χ0) is 24.8. The van der Waals surface area contributed by atoms with Crippen molar-refractivity contribution in [2.24, 2.45) is 0 Å². The van der Waals surface area contributed by atoms with E-state index in [1.165, 1.54) is 10.7 Å². The Morgan fingerprint density at radius 1 is 0.971 bits per heavy atom. The minimum absolute atomic E-state index is 0.175. The molecule has 0 aliphatic heterocycles. The molecule has 0 saturated carbocycles. The number of hydrogen-bond donors (Lipinski definition) is 2. The largest absolute Gasteiger partial charge is 0.457 e. The lowest BCUT2D eigenvalue weighted by atomic mass is 10.2. The van der Waals surface area contributed by atoms with Gasteiger partial charge in [0, 0.05) is 30.6 Å². The van der Waals surface area contributed by atoms with Crippen LogP contribution in [0.2, 0.25) is 0 Å². The second-order valence-corrected chi connectivity index (χ2v) is 8.15. The van der Waals surface area contributed by atoms with E-state index < -0.39 is 5.91 Å². The quantitative estimate of drug-likeness (QED) is 0.372. The Labute approximate surface area is 203 Å². The van der Waals surface area contributed by atoms with Crippen LogP contribution < -0.4 is 20.9 Å². The molecule has 0 atom stereocenters. The minimum atomic E-state index is -0.405. The van der Waals surface area contributed by atoms with E-state index in [0.717, 1.165) is 24.3 Å². The standard InChI is InChI=1S/C27H27N5O3/c1-4-14-28-24-17-23(13-15-29-24)35-22-11-7-20(8-12-22)30-27(34)26-19(3)16-25(33)32(31-26)21-9-5-18(2)6-10-21/h5-13,15-17H,4,14H2,1-3H3,(H,28,29)(H,30,34). The first-order valence-corrected chi connectivity index (χ1v) is 11.4. The average molecular weight is 470 g/mol. The Bertz CT molecular complexity index is 1380. The zero-order valence-electron chi connectivity index (χ0n) is 19.9. The van der Waals surface area contributed by atoms with Gasteiger partial charge in [-0.25, -0.2) is 4.98 Å². The van der Waals surface area contributed by atoms with Gasteiger partial charge in [-0.1, -0.05) is 24.6 Å². The summed E-state index contributed by atoms with van der Waals surface area (Å²) in [5.74, 6) is 1.63. The topological polar surface area (TPSA) is 98.1 Å². The molecule has 178 valence electrons. The number of aryl methyl sites for hydroxylation is 2. The lowest BCUT2D eigenvalue weighted by molar-refractivity contribution is 0.102. The van der Waals surface area contributed by atoms with Crippen molar-refractivity contribution in [3.63, 3.8) is 0 Å². The van der Waals surface area contributed by atoms with Crippen LogP contribution in [-0.2, 0) is 0 Å². The monoisotopic (exact) mass is 469 g/mol. The fraction of sp³-hybridized carbons (Fsp3) is 0.185. The first-order chi connectivity index (χ1) is 16.9. The molecule has 0 spiro atoms. The Hall–Kier alpha value is -4.46. The van der Waals surface area contributed by atoms with Gasteiger partial charge in [0.2, 0.25) is 0 Å². The van der Waals surface area contributed by atoms with Gasteiger partial charge >= 0.3 is 0 Å². The van der Waals surface area contributed by atoms with E-state index in [-0.39, 0.29) is 11.3 Å². The van der Waals surface area contributed by atoms with Crippen molar-refractivity contribution in [1.82, 2.24) is 14.8 Å². The summed E-state index contributed by atoms with van der Waals surface area (Å²) in [5, 5.41) is 10.4. The minimum Gasteiger partial charge on any atom is -0.457 e. The Morgan fingerprint density at radius 3 is 2.43 bits per heavy atom. The van der Waals surface area contributed by atoms with Crippen molar-refractivity contribution < 1.29 is 9.53 Å². The molecule has 2 N–H and O–H groups in total. The highest BCUT2D eigenvalue weighted by atomic mass is 16.5. The summed E-state index contributed by atoms with van der Waals surface area (Å²) in [6, 6.07) is 19.4. The molecule has 2 aromatic carbocycles. The molecule has 4 aromatic rings. The SMILES string of the molecule is CCCNc1cc(Oc2ccc(NC(=O)c3nn(-c4ccc(C)cc4)c(=O)cc3C)cc2)ccn1. The van der Waals surface area contributed by atoms with Gasteiger partial charge in [-0.15, -0.1) is 0 Å². The number of carbonyl (C=O) groups is 1. The van der Waals surface area contributed by atoms with Crippen molar-refractivity contribution in [3.05, 3.63) is 100 Å². The summed E-state index contributed by atoms with van der Waals surface area (Å²) in [5.41, 5.74) is 2.62. The molecule has 35 heavy (non-hydrogen) atoms. The van der Waals surface area contributed by atoms with Gasteiger partial charge in [0.1, 0.15) is 17.3 Å². The van der Waals surface area contributed by atoms with Crippen LogP contribution in [0.3, 0.4) is 0 Å². The summed E-state index contributed by atoms with van der Waals surface area (Å²) in [6.45, 7) is 6.58. The summed E-state index contributed by atoms with van der Waals surface area (Å²) >= 11 is 0. The molecule has 0 bridgehead atoms. The third-order valence-electron chi connectivity index (χ3n) is 5.25. The van der Waals surface area contributed by atoms with Crippen LogP contribution in [-0.4, -0.2) is 27.2 Å². The number of nitrogens with one attached hydrogen (secondary N) is 2. The first kappa shape index (κ1) is 23.7.